The molecule has 0 bridgehead atoms. The minimum absolute atomic E-state index is 0.259. The third-order valence-corrected chi connectivity index (χ3v) is 3.04. The molecule has 1 aromatic rings. The van der Waals surface area contributed by atoms with Crippen molar-refractivity contribution in [1.82, 2.24) is 4.98 Å². The van der Waals surface area contributed by atoms with Crippen LogP contribution in [-0.4, -0.2) is 4.98 Å². The van der Waals surface area contributed by atoms with Crippen LogP contribution in [0.15, 0.2) is 15.1 Å². The van der Waals surface area contributed by atoms with E-state index in [0.29, 0.717) is 9.08 Å². The Balaban J connectivity index is 3.35. The van der Waals surface area contributed by atoms with Gasteiger partial charge in [0, 0.05) is 0 Å². The summed E-state index contributed by atoms with van der Waals surface area (Å²) < 4.78 is 25.3. The van der Waals surface area contributed by atoms with Crippen molar-refractivity contribution in [3.05, 3.63) is 26.4 Å². The highest BCUT2D eigenvalue weighted by molar-refractivity contribution is 9.13. The second-order valence-electron chi connectivity index (χ2n) is 2.11. The molecule has 0 fully saturated rings. The van der Waals surface area contributed by atoms with E-state index in [0.717, 1.165) is 0 Å². The smallest absolute Gasteiger partial charge is 0.228 e. The second-order valence-corrected chi connectivity index (χ2v) is 3.72. The van der Waals surface area contributed by atoms with Gasteiger partial charge in [0.25, 0.3) is 6.43 Å². The predicted molar refractivity (Wildman–Crippen MR) is 49.3 cm³/mol. The average molecular weight is 312 g/mol. The first kappa shape index (κ1) is 10.5. The summed E-state index contributed by atoms with van der Waals surface area (Å²) >= 11 is 6.04. The van der Waals surface area contributed by atoms with Crippen molar-refractivity contribution >= 4 is 31.9 Å². The van der Waals surface area contributed by atoms with Crippen LogP contribution in [0.4, 0.5) is 8.78 Å². The molecular formula is C7H2Br2F2N2. The Morgan fingerprint density at radius 3 is 2.54 bits per heavy atom. The topological polar surface area (TPSA) is 36.7 Å². The van der Waals surface area contributed by atoms with E-state index in [1.54, 1.807) is 6.07 Å². The fraction of sp³-hybridized carbons (Fsp3) is 0.143. The van der Waals surface area contributed by atoms with Gasteiger partial charge >= 0.3 is 0 Å². The van der Waals surface area contributed by atoms with Crippen molar-refractivity contribution in [3.8, 4) is 6.07 Å². The van der Waals surface area contributed by atoms with Gasteiger partial charge in [-0.2, -0.15) is 5.26 Å². The van der Waals surface area contributed by atoms with Crippen LogP contribution in [0.5, 0.6) is 0 Å². The van der Waals surface area contributed by atoms with E-state index in [2.05, 4.69) is 36.8 Å². The van der Waals surface area contributed by atoms with E-state index in [-0.39, 0.29) is 11.3 Å². The van der Waals surface area contributed by atoms with E-state index in [1.165, 1.54) is 6.07 Å². The number of hydrogen-bond acceptors (Lipinski definition) is 2. The van der Waals surface area contributed by atoms with Gasteiger partial charge in [0.2, 0.25) is 0 Å². The number of alkyl halides is 2. The number of halogens is 4. The molecule has 0 unspecified atom stereocenters. The van der Waals surface area contributed by atoms with Gasteiger partial charge in [-0.15, -0.1) is 0 Å². The summed E-state index contributed by atoms with van der Waals surface area (Å²) in [5, 5.41) is 8.50. The van der Waals surface area contributed by atoms with Gasteiger partial charge in [-0.3, -0.25) is 0 Å². The van der Waals surface area contributed by atoms with Crippen LogP contribution in [0.25, 0.3) is 0 Å². The Morgan fingerprint density at radius 2 is 2.08 bits per heavy atom. The number of hydrogen-bond donors (Lipinski definition) is 0. The van der Waals surface area contributed by atoms with E-state index < -0.39 is 6.43 Å². The summed E-state index contributed by atoms with van der Waals surface area (Å²) in [5.41, 5.74) is -0.623. The van der Waals surface area contributed by atoms with Crippen LogP contribution in [-0.2, 0) is 0 Å². The van der Waals surface area contributed by atoms with E-state index in [4.69, 9.17) is 5.26 Å². The predicted octanol–water partition coefficient (Wildman–Crippen LogP) is 3.42. The summed E-state index contributed by atoms with van der Waals surface area (Å²) in [6, 6.07) is 2.78. The molecule has 0 atom stereocenters. The van der Waals surface area contributed by atoms with Gasteiger partial charge in [0.1, 0.15) is 10.7 Å². The Labute approximate surface area is 89.8 Å². The van der Waals surface area contributed by atoms with Crippen molar-refractivity contribution in [2.24, 2.45) is 0 Å². The molecule has 68 valence electrons. The zero-order valence-electron chi connectivity index (χ0n) is 6.06. The Bertz CT molecular complexity index is 373. The third kappa shape index (κ3) is 2.23. The summed E-state index contributed by atoms with van der Waals surface area (Å²) in [6.45, 7) is 0. The van der Waals surface area contributed by atoms with Crippen LogP contribution in [0.3, 0.4) is 0 Å². The highest BCUT2D eigenvalue weighted by Gasteiger charge is 2.16. The van der Waals surface area contributed by atoms with Gasteiger partial charge in [-0.05, 0) is 37.9 Å². The molecule has 0 aliphatic rings. The molecule has 1 heterocycles. The van der Waals surface area contributed by atoms with E-state index >= 15 is 0 Å². The molecule has 1 aromatic heterocycles. The van der Waals surface area contributed by atoms with Gasteiger partial charge in [0.15, 0.2) is 5.69 Å². The number of pyridine rings is 1. The van der Waals surface area contributed by atoms with Gasteiger partial charge < -0.3 is 0 Å². The molecule has 2 nitrogen and oxygen atoms in total. The third-order valence-electron chi connectivity index (χ3n) is 1.30. The second kappa shape index (κ2) is 4.11. The van der Waals surface area contributed by atoms with E-state index in [9.17, 15) is 8.78 Å². The first-order valence-electron chi connectivity index (χ1n) is 3.10. The Morgan fingerprint density at radius 1 is 1.46 bits per heavy atom. The maximum atomic E-state index is 12.3. The van der Waals surface area contributed by atoms with Crippen LogP contribution in [0.1, 0.15) is 17.7 Å². The minimum Gasteiger partial charge on any atom is -0.228 e. The van der Waals surface area contributed by atoms with Crippen LogP contribution < -0.4 is 0 Å². The first-order chi connectivity index (χ1) is 6.06. The molecule has 0 radical (unpaired) electrons. The Kier molecular flexibility index (Phi) is 3.33. The normalized spacial score (nSPS) is 10.2. The van der Waals surface area contributed by atoms with Crippen molar-refractivity contribution in [2.45, 2.75) is 6.43 Å². The quantitative estimate of drug-likeness (QED) is 0.745. The average Bonchev–Trinajstić information content (AvgIpc) is 2.08. The van der Waals surface area contributed by atoms with Crippen molar-refractivity contribution < 1.29 is 8.78 Å². The number of rotatable bonds is 1. The Hall–Kier alpha value is -0.540. The van der Waals surface area contributed by atoms with Gasteiger partial charge in [0.05, 0.1) is 10.0 Å². The molecule has 0 amide bonds. The van der Waals surface area contributed by atoms with E-state index in [1.807, 2.05) is 0 Å². The molecule has 0 aliphatic carbocycles. The van der Waals surface area contributed by atoms with Crippen LogP contribution in [0.2, 0.25) is 0 Å². The van der Waals surface area contributed by atoms with Gasteiger partial charge in [-0.1, -0.05) is 0 Å². The summed E-state index contributed by atoms with van der Waals surface area (Å²) in [5.74, 6) is 0. The molecular weight excluding hydrogens is 310 g/mol. The molecule has 0 aromatic carbocycles. The number of nitriles is 1. The van der Waals surface area contributed by atoms with Crippen LogP contribution in [0, 0.1) is 11.3 Å². The number of nitrogens with zero attached hydrogens (tertiary/aromatic N) is 2. The summed E-state index contributed by atoms with van der Waals surface area (Å²) in [7, 11) is 0. The zero-order chi connectivity index (χ0) is 10.0. The van der Waals surface area contributed by atoms with Crippen molar-refractivity contribution in [3.63, 3.8) is 0 Å². The maximum Gasteiger partial charge on any atom is 0.266 e. The molecule has 13 heavy (non-hydrogen) atoms. The molecule has 1 rings (SSSR count). The maximum absolute atomic E-state index is 12.3. The summed E-state index contributed by atoms with van der Waals surface area (Å²) in [6.07, 6.45) is -2.69. The molecule has 6 heteroatoms. The SMILES string of the molecule is N#Cc1nc(Br)c(Br)cc1C(F)F. The van der Waals surface area contributed by atoms with Gasteiger partial charge in [-0.25, -0.2) is 13.8 Å². The lowest BCUT2D eigenvalue weighted by Gasteiger charge is -2.03. The lowest BCUT2D eigenvalue weighted by molar-refractivity contribution is 0.150. The molecule has 0 aliphatic heterocycles. The monoisotopic (exact) mass is 310 g/mol. The minimum atomic E-state index is -2.69. The molecule has 0 N–H and O–H groups in total. The highest BCUT2D eigenvalue weighted by atomic mass is 79.9. The zero-order valence-corrected chi connectivity index (χ0v) is 9.23. The standard InChI is InChI=1S/C7H2Br2F2N2/c8-4-1-3(7(10)11)5(2-12)13-6(4)9/h1,7H. The number of aromatic nitrogens is 1. The highest BCUT2D eigenvalue weighted by Crippen LogP contribution is 2.28. The largest absolute Gasteiger partial charge is 0.266 e. The molecule has 0 spiro atoms. The fourth-order valence-corrected chi connectivity index (χ4v) is 1.36. The summed E-state index contributed by atoms with van der Waals surface area (Å²) in [4.78, 5) is 3.64. The van der Waals surface area contributed by atoms with Crippen molar-refractivity contribution in [2.75, 3.05) is 0 Å². The first-order valence-corrected chi connectivity index (χ1v) is 4.69. The molecule has 0 saturated carbocycles. The van der Waals surface area contributed by atoms with Crippen molar-refractivity contribution in [1.29, 1.82) is 5.26 Å². The molecule has 0 saturated heterocycles. The lowest BCUT2D eigenvalue weighted by Crippen LogP contribution is -1.95. The fourth-order valence-electron chi connectivity index (χ4n) is 0.736. The van der Waals surface area contributed by atoms with Crippen LogP contribution >= 0.6 is 31.9 Å². The lowest BCUT2D eigenvalue weighted by atomic mass is 10.2.